The second-order valence-corrected chi connectivity index (χ2v) is 7.36. The molecule has 0 aromatic heterocycles. The first-order valence-electron chi connectivity index (χ1n) is 9.78. The first-order chi connectivity index (χ1) is 13.4. The van der Waals surface area contributed by atoms with Crippen molar-refractivity contribution in [2.75, 3.05) is 27.9 Å². The zero-order valence-electron chi connectivity index (χ0n) is 17.5. The molecule has 7 nitrogen and oxygen atoms in total. The summed E-state index contributed by atoms with van der Waals surface area (Å²) in [7, 11) is 4.50. The first-order valence-corrected chi connectivity index (χ1v) is 9.78. The van der Waals surface area contributed by atoms with E-state index < -0.39 is 0 Å². The van der Waals surface area contributed by atoms with E-state index in [1.807, 2.05) is 0 Å². The van der Waals surface area contributed by atoms with E-state index in [1.165, 1.54) is 27.8 Å². The fourth-order valence-corrected chi connectivity index (χ4v) is 3.67. The number of ether oxygens (including phenoxy) is 3. The Morgan fingerprint density at radius 2 is 1.68 bits per heavy atom. The van der Waals surface area contributed by atoms with Gasteiger partial charge in [0.15, 0.2) is 11.5 Å². The van der Waals surface area contributed by atoms with Gasteiger partial charge in [0.1, 0.15) is 0 Å². The van der Waals surface area contributed by atoms with Crippen LogP contribution < -0.4 is 24.8 Å². The summed E-state index contributed by atoms with van der Waals surface area (Å²) in [6.45, 7) is 4.69. The molecule has 7 heteroatoms. The number of nitrogens with one attached hydrogen (secondary N) is 2. The van der Waals surface area contributed by atoms with Gasteiger partial charge < -0.3 is 24.8 Å². The number of rotatable bonds is 8. The highest BCUT2D eigenvalue weighted by atomic mass is 16.5. The third-order valence-electron chi connectivity index (χ3n) is 5.62. The van der Waals surface area contributed by atoms with E-state index in [0.717, 1.165) is 12.8 Å². The Kier molecular flexibility index (Phi) is 7.96. The Hall–Kier alpha value is -2.44. The number of amides is 2. The number of methoxy groups -OCH3 is 3. The van der Waals surface area contributed by atoms with Gasteiger partial charge in [-0.15, -0.1) is 0 Å². The van der Waals surface area contributed by atoms with Gasteiger partial charge in [-0.05, 0) is 30.4 Å². The van der Waals surface area contributed by atoms with E-state index >= 15 is 0 Å². The van der Waals surface area contributed by atoms with E-state index in [4.69, 9.17) is 14.2 Å². The molecule has 0 aliphatic heterocycles. The lowest BCUT2D eigenvalue weighted by atomic mass is 9.78. The number of hydrogen-bond acceptors (Lipinski definition) is 5. The van der Waals surface area contributed by atoms with E-state index in [9.17, 15) is 9.59 Å². The van der Waals surface area contributed by atoms with Crippen LogP contribution in [0.25, 0.3) is 0 Å². The maximum Gasteiger partial charge on any atom is 0.251 e. The summed E-state index contributed by atoms with van der Waals surface area (Å²) in [5.74, 6) is 2.01. The predicted molar refractivity (Wildman–Crippen MR) is 107 cm³/mol. The van der Waals surface area contributed by atoms with Gasteiger partial charge in [0.05, 0.1) is 21.3 Å². The topological polar surface area (TPSA) is 85.9 Å². The van der Waals surface area contributed by atoms with Gasteiger partial charge in [0.2, 0.25) is 11.7 Å². The van der Waals surface area contributed by atoms with Crippen molar-refractivity contribution >= 4 is 11.8 Å². The Morgan fingerprint density at radius 1 is 1.04 bits per heavy atom. The van der Waals surface area contributed by atoms with E-state index in [1.54, 1.807) is 12.1 Å². The van der Waals surface area contributed by atoms with Crippen molar-refractivity contribution in [3.8, 4) is 17.2 Å². The minimum atomic E-state index is -0.299. The van der Waals surface area contributed by atoms with E-state index in [0.29, 0.717) is 34.6 Å². The predicted octanol–water partition coefficient (Wildman–Crippen LogP) is 2.77. The van der Waals surface area contributed by atoms with Crippen LogP contribution in [0.15, 0.2) is 12.1 Å². The minimum absolute atomic E-state index is 0.0313. The van der Waals surface area contributed by atoms with E-state index in [-0.39, 0.29) is 30.8 Å². The molecule has 156 valence electrons. The monoisotopic (exact) mass is 392 g/mol. The summed E-state index contributed by atoms with van der Waals surface area (Å²) in [5.41, 5.74) is 0.379. The number of hydrogen-bond donors (Lipinski definition) is 2. The van der Waals surface area contributed by atoms with Crippen molar-refractivity contribution < 1.29 is 23.8 Å². The van der Waals surface area contributed by atoms with Crippen LogP contribution in [0, 0.1) is 11.8 Å². The van der Waals surface area contributed by atoms with Crippen molar-refractivity contribution in [3.05, 3.63) is 17.7 Å². The van der Waals surface area contributed by atoms with Gasteiger partial charge in [-0.2, -0.15) is 0 Å². The molecule has 0 spiro atoms. The van der Waals surface area contributed by atoms with Crippen LogP contribution in [0.4, 0.5) is 0 Å². The molecule has 1 fully saturated rings. The number of carbonyl (C=O) groups excluding carboxylic acids is 2. The summed E-state index contributed by atoms with van der Waals surface area (Å²) in [6.07, 6.45) is 3.63. The maximum atomic E-state index is 12.5. The maximum absolute atomic E-state index is 12.5. The van der Waals surface area contributed by atoms with Gasteiger partial charge in [-0.1, -0.05) is 26.7 Å². The number of carbonyl (C=O) groups is 2. The zero-order valence-corrected chi connectivity index (χ0v) is 17.5. The average Bonchev–Trinajstić information content (AvgIpc) is 2.70. The summed E-state index contributed by atoms with van der Waals surface area (Å²) in [5, 5.41) is 5.89. The van der Waals surface area contributed by atoms with Crippen molar-refractivity contribution in [1.82, 2.24) is 10.6 Å². The smallest absolute Gasteiger partial charge is 0.251 e. The second-order valence-electron chi connectivity index (χ2n) is 7.36. The van der Waals surface area contributed by atoms with Crippen molar-refractivity contribution in [3.63, 3.8) is 0 Å². The van der Waals surface area contributed by atoms with Crippen LogP contribution >= 0.6 is 0 Å². The second kappa shape index (κ2) is 10.2. The van der Waals surface area contributed by atoms with Crippen molar-refractivity contribution in [1.29, 1.82) is 0 Å². The SMILES string of the molecule is COc1cc(C(=O)NCCC(=O)N[C@@H]2CCC[C@@H](C)[C@H]2C)cc(OC)c1OC. The largest absolute Gasteiger partial charge is 0.493 e. The van der Waals surface area contributed by atoms with Gasteiger partial charge in [0.25, 0.3) is 5.91 Å². The lowest BCUT2D eigenvalue weighted by Gasteiger charge is -2.34. The summed E-state index contributed by atoms with van der Waals surface area (Å²) < 4.78 is 15.8. The summed E-state index contributed by atoms with van der Waals surface area (Å²) >= 11 is 0. The lowest BCUT2D eigenvalue weighted by molar-refractivity contribution is -0.122. The molecule has 1 aliphatic rings. The van der Waals surface area contributed by atoms with Crippen molar-refractivity contribution in [2.24, 2.45) is 11.8 Å². The van der Waals surface area contributed by atoms with Gasteiger partial charge in [-0.3, -0.25) is 9.59 Å². The zero-order chi connectivity index (χ0) is 20.7. The minimum Gasteiger partial charge on any atom is -0.493 e. The van der Waals surface area contributed by atoms with Crippen LogP contribution in [0.5, 0.6) is 17.2 Å². The molecule has 28 heavy (non-hydrogen) atoms. The molecule has 3 atom stereocenters. The Balaban J connectivity index is 1.89. The summed E-state index contributed by atoms with van der Waals surface area (Å²) in [6, 6.07) is 3.39. The highest BCUT2D eigenvalue weighted by molar-refractivity contribution is 5.95. The molecular weight excluding hydrogens is 360 g/mol. The molecule has 0 saturated heterocycles. The first kappa shape index (κ1) is 21.9. The molecule has 0 heterocycles. The van der Waals surface area contributed by atoms with Crippen LogP contribution in [-0.2, 0) is 4.79 Å². The fourth-order valence-electron chi connectivity index (χ4n) is 3.67. The van der Waals surface area contributed by atoms with Gasteiger partial charge in [-0.25, -0.2) is 0 Å². The van der Waals surface area contributed by atoms with Crippen LogP contribution in [-0.4, -0.2) is 45.7 Å². The molecule has 1 aromatic carbocycles. The standard InChI is InChI=1S/C21H32N2O5/c1-13-7-6-8-16(14(13)2)23-19(24)9-10-22-21(25)15-11-17(26-3)20(28-5)18(12-15)27-4/h11-14,16H,6-10H2,1-5H3,(H,22,25)(H,23,24)/t13-,14-,16-/m1/s1. The molecule has 2 N–H and O–H groups in total. The molecular formula is C21H32N2O5. The summed E-state index contributed by atoms with van der Waals surface area (Å²) in [4.78, 5) is 24.7. The highest BCUT2D eigenvalue weighted by Crippen LogP contribution is 2.38. The Bertz CT molecular complexity index is 666. The van der Waals surface area contributed by atoms with Crippen LogP contribution in [0.1, 0.15) is 49.9 Å². The fraction of sp³-hybridized carbons (Fsp3) is 0.619. The Labute approximate surface area is 167 Å². The number of benzene rings is 1. The third-order valence-corrected chi connectivity index (χ3v) is 5.62. The molecule has 2 amide bonds. The highest BCUT2D eigenvalue weighted by Gasteiger charge is 2.28. The molecule has 2 rings (SSSR count). The molecule has 0 unspecified atom stereocenters. The quantitative estimate of drug-likeness (QED) is 0.710. The lowest BCUT2D eigenvalue weighted by Crippen LogP contribution is -2.44. The van der Waals surface area contributed by atoms with E-state index in [2.05, 4.69) is 24.5 Å². The normalized spacial score (nSPS) is 21.5. The molecule has 1 saturated carbocycles. The third kappa shape index (κ3) is 5.30. The molecule has 1 aromatic rings. The molecule has 0 radical (unpaired) electrons. The Morgan fingerprint density at radius 3 is 2.25 bits per heavy atom. The molecule has 1 aliphatic carbocycles. The van der Waals surface area contributed by atoms with Crippen molar-refractivity contribution in [2.45, 2.75) is 45.6 Å². The van der Waals surface area contributed by atoms with Crippen LogP contribution in [0.2, 0.25) is 0 Å². The van der Waals surface area contributed by atoms with Gasteiger partial charge >= 0.3 is 0 Å². The average molecular weight is 392 g/mol. The van der Waals surface area contributed by atoms with Gasteiger partial charge in [0, 0.05) is 24.6 Å². The van der Waals surface area contributed by atoms with Crippen LogP contribution in [0.3, 0.4) is 0 Å². The molecule has 0 bridgehead atoms.